The van der Waals surface area contributed by atoms with Gasteiger partial charge in [-0.05, 0) is 50.1 Å². The molecule has 0 saturated carbocycles. The van der Waals surface area contributed by atoms with Gasteiger partial charge in [0.05, 0.1) is 16.3 Å². The second-order valence-electron chi connectivity index (χ2n) is 7.91. The van der Waals surface area contributed by atoms with Crippen molar-refractivity contribution in [2.45, 2.75) is 45.2 Å². The molecule has 3 rings (SSSR count). The zero-order chi connectivity index (χ0) is 23.5. The van der Waals surface area contributed by atoms with E-state index in [0.29, 0.717) is 5.02 Å². The Morgan fingerprint density at radius 2 is 1.78 bits per heavy atom. The summed E-state index contributed by atoms with van der Waals surface area (Å²) in [5, 5.41) is 7.76. The highest BCUT2D eigenvalue weighted by Crippen LogP contribution is 2.19. The number of nitrogens with one attached hydrogen (secondary N) is 2. The predicted molar refractivity (Wildman–Crippen MR) is 125 cm³/mol. The molecule has 170 valence electrons. The first-order valence-corrected chi connectivity index (χ1v) is 12.1. The van der Waals surface area contributed by atoms with E-state index in [4.69, 9.17) is 11.6 Å². The van der Waals surface area contributed by atoms with Crippen molar-refractivity contribution < 1.29 is 13.2 Å². The van der Waals surface area contributed by atoms with Crippen LogP contribution in [0.3, 0.4) is 0 Å². The molecule has 0 aliphatic rings. The van der Waals surface area contributed by atoms with Crippen LogP contribution < -0.4 is 10.0 Å². The number of amides is 1. The quantitative estimate of drug-likeness (QED) is 0.519. The summed E-state index contributed by atoms with van der Waals surface area (Å²) in [7, 11) is -3.91. The minimum absolute atomic E-state index is 0.0132. The summed E-state index contributed by atoms with van der Waals surface area (Å²) in [5.41, 5.74) is 3.53. The monoisotopic (exact) mass is 474 g/mol. The zero-order valence-electron chi connectivity index (χ0n) is 18.5. The number of para-hydroxylation sites is 1. The molecule has 0 bridgehead atoms. The van der Waals surface area contributed by atoms with Crippen molar-refractivity contribution >= 4 is 27.5 Å². The lowest BCUT2D eigenvalue weighted by atomic mass is 10.0. The van der Waals surface area contributed by atoms with Gasteiger partial charge in [-0.1, -0.05) is 49.7 Å². The lowest BCUT2D eigenvalue weighted by Gasteiger charge is -2.22. The van der Waals surface area contributed by atoms with E-state index in [2.05, 4.69) is 15.1 Å². The molecule has 0 radical (unpaired) electrons. The van der Waals surface area contributed by atoms with E-state index in [0.717, 1.165) is 22.6 Å². The standard InChI is InChI=1S/C23H27ClN4O3S/c1-15(2)22(27-32(30,31)20-12-8-9-18(24)13-20)23(29)25-14-21-16(3)26-28(17(21)4)19-10-6-5-7-11-19/h5-13,15,22,27H,14H2,1-4H3,(H,25,29)/t22-/m0/s1. The number of carbonyl (C=O) groups is 1. The van der Waals surface area contributed by atoms with Gasteiger partial charge in [-0.15, -0.1) is 0 Å². The van der Waals surface area contributed by atoms with Gasteiger partial charge in [0.25, 0.3) is 0 Å². The molecule has 2 aromatic carbocycles. The fourth-order valence-corrected chi connectivity index (χ4v) is 5.04. The number of hydrogen-bond donors (Lipinski definition) is 2. The van der Waals surface area contributed by atoms with Gasteiger partial charge in [-0.2, -0.15) is 9.82 Å². The normalized spacial score (nSPS) is 12.7. The molecule has 32 heavy (non-hydrogen) atoms. The highest BCUT2D eigenvalue weighted by atomic mass is 35.5. The van der Waals surface area contributed by atoms with E-state index >= 15 is 0 Å². The Kier molecular flexibility index (Phi) is 7.38. The largest absolute Gasteiger partial charge is 0.350 e. The molecule has 0 unspecified atom stereocenters. The average molecular weight is 475 g/mol. The third-order valence-corrected chi connectivity index (χ3v) is 6.89. The second kappa shape index (κ2) is 9.85. The number of halogens is 1. The van der Waals surface area contributed by atoms with Gasteiger partial charge in [-0.25, -0.2) is 13.1 Å². The van der Waals surface area contributed by atoms with Crippen LogP contribution in [0.25, 0.3) is 5.69 Å². The topological polar surface area (TPSA) is 93.1 Å². The van der Waals surface area contributed by atoms with Gasteiger partial charge in [0.2, 0.25) is 15.9 Å². The Hall–Kier alpha value is -2.68. The summed E-state index contributed by atoms with van der Waals surface area (Å²) >= 11 is 5.93. The Morgan fingerprint density at radius 1 is 1.09 bits per heavy atom. The molecule has 0 spiro atoms. The number of benzene rings is 2. The lowest BCUT2D eigenvalue weighted by Crippen LogP contribution is -2.49. The summed E-state index contributed by atoms with van der Waals surface area (Å²) in [6.07, 6.45) is 0. The van der Waals surface area contributed by atoms with Crippen molar-refractivity contribution in [2.75, 3.05) is 0 Å². The van der Waals surface area contributed by atoms with Gasteiger partial charge in [0, 0.05) is 22.8 Å². The molecule has 0 aliphatic carbocycles. The molecule has 2 N–H and O–H groups in total. The van der Waals surface area contributed by atoms with Crippen LogP contribution in [-0.2, 0) is 21.4 Å². The van der Waals surface area contributed by atoms with Crippen LogP contribution in [0.2, 0.25) is 5.02 Å². The molecule has 1 atom stereocenters. The Balaban J connectivity index is 1.76. The predicted octanol–water partition coefficient (Wildman–Crippen LogP) is 3.76. The maximum absolute atomic E-state index is 12.9. The van der Waals surface area contributed by atoms with Crippen LogP contribution >= 0.6 is 11.6 Å². The van der Waals surface area contributed by atoms with Crippen molar-refractivity contribution in [1.82, 2.24) is 19.8 Å². The van der Waals surface area contributed by atoms with E-state index in [1.54, 1.807) is 26.0 Å². The highest BCUT2D eigenvalue weighted by Gasteiger charge is 2.28. The van der Waals surface area contributed by atoms with Crippen LogP contribution in [0.5, 0.6) is 0 Å². The summed E-state index contributed by atoms with van der Waals surface area (Å²) in [4.78, 5) is 13.0. The van der Waals surface area contributed by atoms with E-state index in [9.17, 15) is 13.2 Å². The number of aromatic nitrogens is 2. The number of rotatable bonds is 8. The molecule has 1 aromatic heterocycles. The van der Waals surface area contributed by atoms with Crippen molar-refractivity contribution in [3.05, 3.63) is 76.6 Å². The number of hydrogen-bond acceptors (Lipinski definition) is 4. The van der Waals surface area contributed by atoms with Crippen LogP contribution in [0.4, 0.5) is 0 Å². The van der Waals surface area contributed by atoms with E-state index in [-0.39, 0.29) is 17.4 Å². The van der Waals surface area contributed by atoms with E-state index in [1.807, 2.05) is 48.9 Å². The molecule has 1 heterocycles. The van der Waals surface area contributed by atoms with Crippen LogP contribution in [0, 0.1) is 19.8 Å². The van der Waals surface area contributed by atoms with Crippen LogP contribution in [0.1, 0.15) is 30.8 Å². The molecule has 0 fully saturated rings. The average Bonchev–Trinajstić information content (AvgIpc) is 3.04. The number of carbonyl (C=O) groups excluding carboxylic acids is 1. The van der Waals surface area contributed by atoms with E-state index in [1.165, 1.54) is 12.1 Å². The summed E-state index contributed by atoms with van der Waals surface area (Å²) in [6, 6.07) is 14.7. The molecule has 0 aliphatic heterocycles. The number of nitrogens with zero attached hydrogens (tertiary/aromatic N) is 2. The molecule has 3 aromatic rings. The highest BCUT2D eigenvalue weighted by molar-refractivity contribution is 7.89. The van der Waals surface area contributed by atoms with Gasteiger partial charge in [0.15, 0.2) is 0 Å². The Labute approximate surface area is 193 Å². The van der Waals surface area contributed by atoms with Crippen molar-refractivity contribution in [2.24, 2.45) is 5.92 Å². The molecule has 7 nitrogen and oxygen atoms in total. The van der Waals surface area contributed by atoms with E-state index < -0.39 is 22.0 Å². The summed E-state index contributed by atoms with van der Waals surface area (Å²) in [6.45, 7) is 7.64. The minimum atomic E-state index is -3.91. The van der Waals surface area contributed by atoms with Crippen LogP contribution in [-0.4, -0.2) is 30.1 Å². The number of sulfonamides is 1. The maximum Gasteiger partial charge on any atom is 0.241 e. The van der Waals surface area contributed by atoms with Gasteiger partial charge < -0.3 is 5.32 Å². The van der Waals surface area contributed by atoms with Gasteiger partial charge >= 0.3 is 0 Å². The minimum Gasteiger partial charge on any atom is -0.350 e. The SMILES string of the molecule is Cc1nn(-c2ccccc2)c(C)c1CNC(=O)[C@@H](NS(=O)(=O)c1cccc(Cl)c1)C(C)C. The first kappa shape index (κ1) is 24.0. The zero-order valence-corrected chi connectivity index (χ0v) is 20.0. The smallest absolute Gasteiger partial charge is 0.241 e. The fraction of sp³-hybridized carbons (Fsp3) is 0.304. The first-order valence-electron chi connectivity index (χ1n) is 10.3. The van der Waals surface area contributed by atoms with Crippen molar-refractivity contribution in [3.8, 4) is 5.69 Å². The molecular formula is C23H27ClN4O3S. The molecule has 1 amide bonds. The number of aryl methyl sites for hydroxylation is 1. The lowest BCUT2D eigenvalue weighted by molar-refractivity contribution is -0.123. The molecular weight excluding hydrogens is 448 g/mol. The fourth-order valence-electron chi connectivity index (χ4n) is 3.40. The molecule has 0 saturated heterocycles. The second-order valence-corrected chi connectivity index (χ2v) is 10.1. The summed E-state index contributed by atoms with van der Waals surface area (Å²) in [5.74, 6) is -0.671. The molecule has 9 heteroatoms. The van der Waals surface area contributed by atoms with Gasteiger partial charge in [0.1, 0.15) is 6.04 Å². The third kappa shape index (κ3) is 5.38. The first-order chi connectivity index (χ1) is 15.1. The van der Waals surface area contributed by atoms with Crippen molar-refractivity contribution in [1.29, 1.82) is 0 Å². The van der Waals surface area contributed by atoms with Crippen molar-refractivity contribution in [3.63, 3.8) is 0 Å². The maximum atomic E-state index is 12.9. The van der Waals surface area contributed by atoms with Crippen LogP contribution in [0.15, 0.2) is 59.5 Å². The Bertz CT molecular complexity index is 1210. The Morgan fingerprint density at radius 3 is 2.41 bits per heavy atom. The third-order valence-electron chi connectivity index (χ3n) is 5.22. The van der Waals surface area contributed by atoms with Gasteiger partial charge in [-0.3, -0.25) is 4.79 Å². The summed E-state index contributed by atoms with van der Waals surface area (Å²) < 4.78 is 29.9.